The number of ether oxygens (including phenoxy) is 3. The Morgan fingerprint density at radius 1 is 0.971 bits per heavy atom. The summed E-state index contributed by atoms with van der Waals surface area (Å²) < 4.78 is 43.1. The van der Waals surface area contributed by atoms with Gasteiger partial charge in [0.25, 0.3) is 5.91 Å². The Morgan fingerprint density at radius 3 is 2.51 bits per heavy atom. The average molecular weight is 948 g/mol. The normalized spacial score (nSPS) is 13.7. The number of hydrogen-bond acceptors (Lipinski definition) is 15. The van der Waals surface area contributed by atoms with Gasteiger partial charge in [-0.25, -0.2) is 19.6 Å². The number of aryl methyl sites for hydroxylation is 1. The van der Waals surface area contributed by atoms with E-state index < -0.39 is 11.7 Å². The lowest BCUT2D eigenvalue weighted by atomic mass is 9.94. The molecule has 1 aliphatic carbocycles. The number of halogens is 2. The third-order valence-electron chi connectivity index (χ3n) is 10.7. The maximum Gasteiger partial charge on any atom is 0.586 e. The summed E-state index contributed by atoms with van der Waals surface area (Å²) in [5, 5.41) is 21.1. The molecule has 0 atom stereocenters. The first kappa shape index (κ1) is 48.9. The Hall–Kier alpha value is -7.05. The van der Waals surface area contributed by atoms with Crippen LogP contribution < -0.4 is 36.5 Å². The third-order valence-corrected chi connectivity index (χ3v) is 11.7. The minimum absolute atomic E-state index is 0.0661. The van der Waals surface area contributed by atoms with Crippen LogP contribution in [0.5, 0.6) is 11.5 Å². The van der Waals surface area contributed by atoms with Crippen molar-refractivity contribution in [2.75, 3.05) is 62.8 Å². The highest BCUT2D eigenvalue weighted by atomic mass is 32.2. The van der Waals surface area contributed by atoms with Gasteiger partial charge in [0.1, 0.15) is 5.82 Å². The second kappa shape index (κ2) is 22.6. The molecule has 354 valence electrons. The molecule has 0 saturated heterocycles. The molecule has 1 aliphatic heterocycles. The Morgan fingerprint density at radius 2 is 1.76 bits per heavy atom. The summed E-state index contributed by atoms with van der Waals surface area (Å²) in [6, 6.07) is 22.7. The number of hydrogen-bond donors (Lipinski definition) is 5. The molecule has 3 aromatic heterocycles. The number of fused-ring (bicyclic) bond motifs is 2. The monoisotopic (exact) mass is 947 g/mol. The number of aromatic nitrogens is 6. The van der Waals surface area contributed by atoms with Crippen molar-refractivity contribution >= 4 is 52.7 Å². The molecular formula is C48H51F2N11O6S. The number of rotatable bonds is 19. The van der Waals surface area contributed by atoms with Gasteiger partial charge in [0, 0.05) is 48.6 Å². The van der Waals surface area contributed by atoms with Crippen LogP contribution in [0.4, 0.5) is 20.4 Å². The highest BCUT2D eigenvalue weighted by molar-refractivity contribution is 7.99. The molecule has 0 radical (unpaired) electrons. The van der Waals surface area contributed by atoms with Crippen LogP contribution >= 0.6 is 11.8 Å². The van der Waals surface area contributed by atoms with Crippen LogP contribution in [-0.4, -0.2) is 107 Å². The van der Waals surface area contributed by atoms with Crippen LogP contribution in [0, 0.1) is 18.8 Å². The van der Waals surface area contributed by atoms with Gasteiger partial charge in [0.15, 0.2) is 39.9 Å². The molecule has 0 unspecified atom stereocenters. The Labute approximate surface area is 395 Å². The van der Waals surface area contributed by atoms with Gasteiger partial charge in [0.05, 0.1) is 30.9 Å². The highest BCUT2D eigenvalue weighted by Gasteiger charge is 2.53. The maximum atomic E-state index is 13.5. The molecule has 17 nitrogen and oxygen atoms in total. The first-order chi connectivity index (χ1) is 32.9. The van der Waals surface area contributed by atoms with E-state index in [1.807, 2.05) is 50.4 Å². The van der Waals surface area contributed by atoms with Crippen molar-refractivity contribution in [3.05, 3.63) is 107 Å². The number of benzene rings is 3. The van der Waals surface area contributed by atoms with Gasteiger partial charge in [-0.1, -0.05) is 66.2 Å². The molecule has 6 aromatic rings. The molecule has 1 fully saturated rings. The fourth-order valence-electron chi connectivity index (χ4n) is 7.06. The van der Waals surface area contributed by atoms with Crippen LogP contribution in [-0.2, 0) is 26.3 Å². The number of amides is 2. The van der Waals surface area contributed by atoms with E-state index in [0.717, 1.165) is 41.0 Å². The molecule has 6 N–H and O–H groups in total. The smallest absolute Gasteiger partial charge is 0.395 e. The second-order valence-electron chi connectivity index (χ2n) is 15.7. The lowest BCUT2D eigenvalue weighted by Gasteiger charge is -2.17. The zero-order valence-electron chi connectivity index (χ0n) is 37.7. The number of likely N-dealkylation sites (N-methyl/N-ethyl adjacent to an activating group) is 1. The number of aldehydes is 1. The topological polar surface area (TPSA) is 222 Å². The summed E-state index contributed by atoms with van der Waals surface area (Å²) in [5.74, 6) is 6.44. The number of thioether (sulfide) groups is 1. The summed E-state index contributed by atoms with van der Waals surface area (Å²) in [4.78, 5) is 50.2. The number of anilines is 2. The summed E-state index contributed by atoms with van der Waals surface area (Å²) >= 11 is 1.60. The van der Waals surface area contributed by atoms with Crippen LogP contribution in [0.25, 0.3) is 22.4 Å². The molecule has 8 rings (SSSR count). The van der Waals surface area contributed by atoms with Crippen molar-refractivity contribution < 1.29 is 37.4 Å². The van der Waals surface area contributed by atoms with Gasteiger partial charge in [-0.15, -0.1) is 13.9 Å². The van der Waals surface area contributed by atoms with Gasteiger partial charge in [-0.2, -0.15) is 0 Å². The predicted octanol–water partition coefficient (Wildman–Crippen LogP) is 5.71. The van der Waals surface area contributed by atoms with Gasteiger partial charge in [-0.05, 0) is 98.3 Å². The summed E-state index contributed by atoms with van der Waals surface area (Å²) in [6.45, 7) is 7.73. The van der Waals surface area contributed by atoms with E-state index in [2.05, 4.69) is 74.8 Å². The standard InChI is InChI=1S/C29H30F2N4O5.C19H21N7OS/c1-18-6-9-24(34-25(18)19-4-3-5-20(16-19)26(36)33-13-15-38-14-12-32-2)35-27(37)28(10-11-28)21-7-8-22-23(17-21)40-29(30,31)39-22;1-2-12-28-19-22-17(21-10-9-20)16-18(23-19)26(25-24-16)13-15-7-5-14(6-8-15)4-3-11-27/h3-9,16-17,32H,10-15H2,1-2H3,(H,33,36)(H,34,35,37);5-8,11H,2,9-10,12-13,20H2,1H3,(H,21,22,23). The summed E-state index contributed by atoms with van der Waals surface area (Å²) in [5.41, 5.74) is 11.1. The number of nitrogens with one attached hydrogen (secondary N) is 4. The number of pyridine rings is 1. The van der Waals surface area contributed by atoms with E-state index >= 15 is 0 Å². The third kappa shape index (κ3) is 12.3. The van der Waals surface area contributed by atoms with Crippen molar-refractivity contribution in [2.24, 2.45) is 5.73 Å². The first-order valence-electron chi connectivity index (χ1n) is 22.0. The van der Waals surface area contributed by atoms with E-state index in [0.29, 0.717) is 103 Å². The summed E-state index contributed by atoms with van der Waals surface area (Å²) in [7, 11) is 1.84. The minimum Gasteiger partial charge on any atom is -0.395 e. The van der Waals surface area contributed by atoms with Crippen molar-refractivity contribution in [1.82, 2.24) is 40.6 Å². The molecule has 0 bridgehead atoms. The Kier molecular flexibility index (Phi) is 16.3. The van der Waals surface area contributed by atoms with Crippen molar-refractivity contribution in [1.29, 1.82) is 0 Å². The molecule has 4 heterocycles. The first-order valence-corrected chi connectivity index (χ1v) is 23.0. The van der Waals surface area contributed by atoms with E-state index in [-0.39, 0.29) is 23.3 Å². The minimum atomic E-state index is -3.72. The van der Waals surface area contributed by atoms with Gasteiger partial charge in [0.2, 0.25) is 5.91 Å². The highest BCUT2D eigenvalue weighted by Crippen LogP contribution is 2.52. The number of carbonyl (C=O) groups is 3. The molecule has 0 spiro atoms. The van der Waals surface area contributed by atoms with Crippen molar-refractivity contribution in [2.45, 2.75) is 56.5 Å². The lowest BCUT2D eigenvalue weighted by molar-refractivity contribution is -0.286. The molecular weight excluding hydrogens is 897 g/mol. The number of alkyl halides is 2. The zero-order valence-corrected chi connectivity index (χ0v) is 38.6. The Balaban J connectivity index is 0.000000215. The Bertz CT molecular complexity index is 2810. The van der Waals surface area contributed by atoms with Crippen LogP contribution in [0.1, 0.15) is 58.8 Å². The molecule has 3 aromatic carbocycles. The van der Waals surface area contributed by atoms with Crippen LogP contribution in [0.3, 0.4) is 0 Å². The fraction of sp³-hybridized carbons (Fsp3) is 0.333. The largest absolute Gasteiger partial charge is 0.586 e. The molecule has 2 aliphatic rings. The van der Waals surface area contributed by atoms with E-state index in [1.54, 1.807) is 46.8 Å². The maximum absolute atomic E-state index is 13.5. The quantitative estimate of drug-likeness (QED) is 0.0216. The number of nitrogens with two attached hydrogens (primary N) is 1. The lowest BCUT2D eigenvalue weighted by Crippen LogP contribution is -2.28. The molecule has 1 saturated carbocycles. The van der Waals surface area contributed by atoms with Crippen LogP contribution in [0.2, 0.25) is 0 Å². The van der Waals surface area contributed by atoms with E-state index in [9.17, 15) is 23.2 Å². The second-order valence-corrected chi connectivity index (χ2v) is 16.8. The predicted molar refractivity (Wildman–Crippen MR) is 254 cm³/mol. The van der Waals surface area contributed by atoms with E-state index in [4.69, 9.17) is 10.5 Å². The van der Waals surface area contributed by atoms with Crippen LogP contribution in [0.15, 0.2) is 84.0 Å². The molecule has 20 heteroatoms. The van der Waals surface area contributed by atoms with Gasteiger partial charge >= 0.3 is 6.29 Å². The molecule has 68 heavy (non-hydrogen) atoms. The van der Waals surface area contributed by atoms with Crippen molar-refractivity contribution in [3.63, 3.8) is 0 Å². The summed E-state index contributed by atoms with van der Waals surface area (Å²) in [6.07, 6.45) is -0.981. The van der Waals surface area contributed by atoms with Crippen molar-refractivity contribution in [3.8, 4) is 34.6 Å². The number of carbonyl (C=O) groups excluding carboxylic acids is 3. The average Bonchev–Trinajstić information content (AvgIpc) is 3.97. The van der Waals surface area contributed by atoms with E-state index in [1.165, 1.54) is 12.1 Å². The molecule has 2 amide bonds. The zero-order chi connectivity index (χ0) is 48.1. The fourth-order valence-corrected chi connectivity index (χ4v) is 7.76. The van der Waals surface area contributed by atoms with Gasteiger partial charge < -0.3 is 41.2 Å². The number of nitrogens with zero attached hydrogens (tertiary/aromatic N) is 6. The SMILES string of the molecule is CCCSc1nc(NCCN)c2nnn(Cc3ccc(C#CC=O)cc3)c2n1.CNCCOCCNC(=O)c1cccc(-c2nc(NC(=O)C3(c4ccc5c(c4)OC(F)(F)O5)CC3)ccc2C)c1. The van der Waals surface area contributed by atoms with Gasteiger partial charge in [-0.3, -0.25) is 14.4 Å².